The first-order chi connectivity index (χ1) is 9.68. The first-order valence-electron chi connectivity index (χ1n) is 5.92. The molecular formula is C12H10F3NO5. The molecule has 0 aromatic heterocycles. The van der Waals surface area contributed by atoms with Crippen molar-refractivity contribution in [3.8, 4) is 0 Å². The molecule has 0 aliphatic heterocycles. The van der Waals surface area contributed by atoms with E-state index < -0.39 is 34.3 Å². The van der Waals surface area contributed by atoms with Crippen molar-refractivity contribution in [3.05, 3.63) is 39.9 Å². The van der Waals surface area contributed by atoms with Gasteiger partial charge in [0.25, 0.3) is 5.69 Å². The summed E-state index contributed by atoms with van der Waals surface area (Å²) >= 11 is 0. The Morgan fingerprint density at radius 3 is 2.14 bits per heavy atom. The van der Waals surface area contributed by atoms with Gasteiger partial charge in [-0.05, 0) is 25.0 Å². The monoisotopic (exact) mass is 305 g/mol. The van der Waals surface area contributed by atoms with Gasteiger partial charge in [0.1, 0.15) is 0 Å². The predicted molar refractivity (Wildman–Crippen MR) is 62.7 cm³/mol. The molecule has 1 N–H and O–H groups in total. The molecule has 114 valence electrons. The molecule has 2 rings (SSSR count). The normalized spacial score (nSPS) is 17.9. The topological polar surface area (TPSA) is 89.7 Å². The van der Waals surface area contributed by atoms with Crippen molar-refractivity contribution in [2.45, 2.75) is 24.6 Å². The van der Waals surface area contributed by atoms with Crippen molar-refractivity contribution in [1.29, 1.82) is 0 Å². The van der Waals surface area contributed by atoms with Crippen LogP contribution in [-0.4, -0.2) is 22.4 Å². The lowest BCUT2D eigenvalue weighted by molar-refractivity contribution is -0.384. The number of non-ortho nitro benzene ring substituents is 1. The molecule has 1 unspecified atom stereocenters. The molecule has 1 aliphatic rings. The van der Waals surface area contributed by atoms with Gasteiger partial charge >= 0.3 is 12.3 Å². The number of nitrogens with zero attached hydrogens (tertiary/aromatic N) is 1. The van der Waals surface area contributed by atoms with Gasteiger partial charge in [0, 0.05) is 23.6 Å². The summed E-state index contributed by atoms with van der Waals surface area (Å²) in [5.41, 5.74) is -3.82. The van der Waals surface area contributed by atoms with Crippen LogP contribution >= 0.6 is 0 Å². The first kappa shape index (κ1) is 15.1. The zero-order chi connectivity index (χ0) is 15.8. The highest BCUT2D eigenvalue weighted by molar-refractivity contribution is 5.59. The molecule has 1 saturated carbocycles. The molecular weight excluding hydrogens is 295 g/mol. The fourth-order valence-electron chi connectivity index (χ4n) is 2.29. The maximum Gasteiger partial charge on any atom is 0.507 e. The van der Waals surface area contributed by atoms with E-state index >= 15 is 0 Å². The lowest BCUT2D eigenvalue weighted by atomic mass is 9.87. The molecule has 6 nitrogen and oxygen atoms in total. The van der Waals surface area contributed by atoms with E-state index in [2.05, 4.69) is 4.74 Å². The molecule has 21 heavy (non-hydrogen) atoms. The van der Waals surface area contributed by atoms with E-state index in [9.17, 15) is 28.1 Å². The number of alkyl halides is 3. The van der Waals surface area contributed by atoms with Gasteiger partial charge in [-0.1, -0.05) is 0 Å². The third kappa shape index (κ3) is 2.63. The van der Waals surface area contributed by atoms with Crippen molar-refractivity contribution < 1.29 is 32.7 Å². The average Bonchev–Trinajstić information content (AvgIpc) is 3.18. The van der Waals surface area contributed by atoms with Crippen LogP contribution < -0.4 is 0 Å². The van der Waals surface area contributed by atoms with Gasteiger partial charge in [-0.2, -0.15) is 13.2 Å². The summed E-state index contributed by atoms with van der Waals surface area (Å²) in [7, 11) is 0. The fourth-order valence-corrected chi connectivity index (χ4v) is 2.29. The number of benzene rings is 1. The third-order valence-electron chi connectivity index (χ3n) is 3.33. The molecule has 0 amide bonds. The molecule has 0 radical (unpaired) electrons. The summed E-state index contributed by atoms with van der Waals surface area (Å²) < 4.78 is 44.6. The Bertz CT molecular complexity index is 567. The van der Waals surface area contributed by atoms with Crippen LogP contribution in [0.5, 0.6) is 0 Å². The average molecular weight is 305 g/mol. The Labute approximate surface area is 116 Å². The number of nitro benzene ring substituents is 1. The third-order valence-corrected chi connectivity index (χ3v) is 3.33. The zero-order valence-corrected chi connectivity index (χ0v) is 10.5. The number of nitro groups is 1. The Morgan fingerprint density at radius 2 is 1.81 bits per heavy atom. The number of carbonyl (C=O) groups is 1. The van der Waals surface area contributed by atoms with Crippen molar-refractivity contribution in [2.75, 3.05) is 0 Å². The largest absolute Gasteiger partial charge is 0.507 e. The Kier molecular flexibility index (Phi) is 3.52. The SMILES string of the molecule is O=C(O)OC(c1ccc([N+](=O)[O-])cc1)(C1CC1)C(F)(F)F. The van der Waals surface area contributed by atoms with Crippen LogP contribution in [-0.2, 0) is 10.3 Å². The molecule has 9 heteroatoms. The number of halogens is 3. The van der Waals surface area contributed by atoms with Gasteiger partial charge in [-0.15, -0.1) is 0 Å². The molecule has 0 bridgehead atoms. The summed E-state index contributed by atoms with van der Waals surface area (Å²) in [5.74, 6) is -1.02. The molecule has 1 aromatic carbocycles. The van der Waals surface area contributed by atoms with Crippen LogP contribution in [0.2, 0.25) is 0 Å². The Balaban J connectivity index is 2.52. The van der Waals surface area contributed by atoms with Crippen LogP contribution in [0.4, 0.5) is 23.7 Å². The van der Waals surface area contributed by atoms with Crippen molar-refractivity contribution in [3.63, 3.8) is 0 Å². The standard InChI is InChI=1S/C12H10F3NO5/c13-12(14,15)11(7-1-2-7,21-10(17)18)8-3-5-9(6-4-8)16(19)20/h3-7H,1-2H2,(H,17,18). The second kappa shape index (κ2) is 4.90. The maximum absolute atomic E-state index is 13.4. The van der Waals surface area contributed by atoms with Gasteiger partial charge in [-0.25, -0.2) is 4.79 Å². The summed E-state index contributed by atoms with van der Waals surface area (Å²) in [6.45, 7) is 0. The number of hydrogen-bond acceptors (Lipinski definition) is 4. The molecule has 0 saturated heterocycles. The minimum absolute atomic E-state index is 0.170. The van der Waals surface area contributed by atoms with Crippen molar-refractivity contribution >= 4 is 11.8 Å². The highest BCUT2D eigenvalue weighted by atomic mass is 19.4. The molecule has 1 atom stereocenters. The Hall–Kier alpha value is -2.32. The van der Waals surface area contributed by atoms with E-state index in [1.165, 1.54) is 0 Å². The number of rotatable bonds is 4. The lowest BCUT2D eigenvalue weighted by Crippen LogP contribution is -2.48. The summed E-state index contributed by atoms with van der Waals surface area (Å²) in [6, 6.07) is 3.55. The van der Waals surface area contributed by atoms with Crippen LogP contribution in [0.25, 0.3) is 0 Å². The number of hydrogen-bond donors (Lipinski definition) is 1. The van der Waals surface area contributed by atoms with E-state index in [-0.39, 0.29) is 18.5 Å². The summed E-state index contributed by atoms with van der Waals surface area (Å²) in [6.07, 6.45) is -6.66. The molecule has 0 heterocycles. The van der Waals surface area contributed by atoms with E-state index in [4.69, 9.17) is 5.11 Å². The van der Waals surface area contributed by atoms with Crippen molar-refractivity contribution in [1.82, 2.24) is 0 Å². The Morgan fingerprint density at radius 1 is 1.29 bits per heavy atom. The summed E-state index contributed by atoms with van der Waals surface area (Å²) in [4.78, 5) is 20.5. The number of ether oxygens (including phenoxy) is 1. The van der Waals surface area contributed by atoms with Crippen LogP contribution in [0.3, 0.4) is 0 Å². The highest BCUT2D eigenvalue weighted by Crippen LogP contribution is 2.56. The van der Waals surface area contributed by atoms with Gasteiger partial charge in [-0.3, -0.25) is 10.1 Å². The first-order valence-corrected chi connectivity index (χ1v) is 5.92. The highest BCUT2D eigenvalue weighted by Gasteiger charge is 2.67. The van der Waals surface area contributed by atoms with Gasteiger partial charge in [0.05, 0.1) is 4.92 Å². The minimum atomic E-state index is -4.96. The minimum Gasteiger partial charge on any atom is -0.450 e. The van der Waals surface area contributed by atoms with E-state index in [0.717, 1.165) is 24.3 Å². The molecule has 1 aliphatic carbocycles. The van der Waals surface area contributed by atoms with Crippen LogP contribution in [0, 0.1) is 16.0 Å². The van der Waals surface area contributed by atoms with E-state index in [0.29, 0.717) is 0 Å². The van der Waals surface area contributed by atoms with Crippen molar-refractivity contribution in [2.24, 2.45) is 5.92 Å². The van der Waals surface area contributed by atoms with Gasteiger partial charge in [0.15, 0.2) is 0 Å². The smallest absolute Gasteiger partial charge is 0.450 e. The van der Waals surface area contributed by atoms with E-state index in [1.807, 2.05) is 0 Å². The second-order valence-electron chi connectivity index (χ2n) is 4.68. The maximum atomic E-state index is 13.4. The van der Waals surface area contributed by atoms with Crippen LogP contribution in [0.15, 0.2) is 24.3 Å². The summed E-state index contributed by atoms with van der Waals surface area (Å²) in [5, 5.41) is 19.2. The van der Waals surface area contributed by atoms with E-state index in [1.54, 1.807) is 0 Å². The molecule has 1 fully saturated rings. The second-order valence-corrected chi connectivity index (χ2v) is 4.68. The predicted octanol–water partition coefficient (Wildman–Crippen LogP) is 3.46. The molecule has 0 spiro atoms. The van der Waals surface area contributed by atoms with Crippen LogP contribution in [0.1, 0.15) is 18.4 Å². The fraction of sp³-hybridized carbons (Fsp3) is 0.417. The quantitative estimate of drug-likeness (QED) is 0.522. The molecule has 1 aromatic rings. The number of carboxylic acid groups (broad SMARTS) is 1. The lowest BCUT2D eigenvalue weighted by Gasteiger charge is -2.34. The zero-order valence-electron chi connectivity index (χ0n) is 10.5. The van der Waals surface area contributed by atoms with Gasteiger partial charge in [0.2, 0.25) is 5.60 Å². The van der Waals surface area contributed by atoms with Gasteiger partial charge < -0.3 is 9.84 Å².